The Bertz CT molecular complexity index is 1660. The fourth-order valence-corrected chi connectivity index (χ4v) is 7.56. The van der Waals surface area contributed by atoms with Gasteiger partial charge in [-0.15, -0.1) is 0 Å². The molecule has 0 radical (unpaired) electrons. The lowest BCUT2D eigenvalue weighted by Crippen LogP contribution is -2.74. The summed E-state index contributed by atoms with van der Waals surface area (Å²) in [4.78, 5) is 50.7. The Morgan fingerprint density at radius 1 is 1.06 bits per heavy atom. The zero-order valence-corrected chi connectivity index (χ0v) is 25.7. The highest BCUT2D eigenvalue weighted by atomic mass is 16.6. The number of carboxylic acid groups (broad SMARTS) is 2. The van der Waals surface area contributed by atoms with Gasteiger partial charge in [0.05, 0.1) is 17.4 Å². The number of likely N-dealkylation sites (tertiary alicyclic amines) is 1. The maximum Gasteiger partial charge on any atom is 0.345 e. The molecule has 2 aliphatic carbocycles. The van der Waals surface area contributed by atoms with Gasteiger partial charge in [0.25, 0.3) is 0 Å². The molecule has 2 aromatic carbocycles. The van der Waals surface area contributed by atoms with Crippen LogP contribution >= 0.6 is 0 Å². The first-order valence-corrected chi connectivity index (χ1v) is 15.3. The van der Waals surface area contributed by atoms with Crippen molar-refractivity contribution in [2.75, 3.05) is 13.6 Å². The van der Waals surface area contributed by atoms with Crippen molar-refractivity contribution in [2.24, 2.45) is 0 Å². The van der Waals surface area contributed by atoms with E-state index in [4.69, 9.17) is 24.1 Å². The van der Waals surface area contributed by atoms with E-state index in [1.54, 1.807) is 12.1 Å². The molecule has 48 heavy (non-hydrogen) atoms. The number of hydrogen-bond donors (Lipinski definition) is 6. The van der Waals surface area contributed by atoms with Crippen molar-refractivity contribution >= 4 is 23.9 Å². The molecule has 15 heteroatoms. The molecule has 256 valence electrons. The van der Waals surface area contributed by atoms with Gasteiger partial charge in [0.15, 0.2) is 36.1 Å². The number of esters is 2. The first-order valence-electron chi connectivity index (χ1n) is 15.3. The number of hydrogen-bond acceptors (Lipinski definition) is 13. The predicted molar refractivity (Wildman–Crippen MR) is 159 cm³/mol. The zero-order valence-electron chi connectivity index (χ0n) is 25.7. The normalized spacial score (nSPS) is 27.7. The van der Waals surface area contributed by atoms with Gasteiger partial charge < -0.3 is 54.5 Å². The monoisotopic (exact) mass is 669 g/mol. The Hall–Kier alpha value is -4.54. The van der Waals surface area contributed by atoms with E-state index in [0.29, 0.717) is 24.9 Å². The zero-order chi connectivity index (χ0) is 34.5. The second-order valence-corrected chi connectivity index (χ2v) is 12.5. The van der Waals surface area contributed by atoms with Gasteiger partial charge in [-0.3, -0.25) is 4.79 Å². The number of aromatic hydroxyl groups is 1. The molecule has 1 fully saturated rings. The molecule has 0 aromatic heterocycles. The van der Waals surface area contributed by atoms with E-state index in [9.17, 15) is 44.7 Å². The lowest BCUT2D eigenvalue weighted by atomic mass is 9.50. The van der Waals surface area contributed by atoms with E-state index in [1.165, 1.54) is 36.4 Å². The summed E-state index contributed by atoms with van der Waals surface area (Å²) in [6, 6.07) is 10.5. The number of carbonyl (C=O) groups excluding carboxylic acids is 2. The Balaban J connectivity index is 1.17. The number of carboxylic acids is 2. The van der Waals surface area contributed by atoms with Gasteiger partial charge in [-0.2, -0.15) is 0 Å². The van der Waals surface area contributed by atoms with Crippen molar-refractivity contribution in [1.82, 2.24) is 4.90 Å². The van der Waals surface area contributed by atoms with Crippen molar-refractivity contribution in [1.29, 1.82) is 0 Å². The molecule has 4 aliphatic rings. The molecule has 15 nitrogen and oxygen atoms in total. The van der Waals surface area contributed by atoms with Crippen LogP contribution in [0.2, 0.25) is 0 Å². The summed E-state index contributed by atoms with van der Waals surface area (Å²) in [5.41, 5.74) is -0.648. The van der Waals surface area contributed by atoms with Crippen LogP contribution in [0.15, 0.2) is 54.3 Å². The highest BCUT2D eigenvalue weighted by Crippen LogP contribution is 2.65. The molecule has 2 aromatic rings. The first kappa shape index (κ1) is 33.4. The first-order chi connectivity index (χ1) is 22.8. The molecule has 2 heterocycles. The average Bonchev–Trinajstić information content (AvgIpc) is 3.40. The Morgan fingerprint density at radius 3 is 2.48 bits per heavy atom. The molecule has 2 unspecified atom stereocenters. The predicted octanol–water partition coefficient (Wildman–Crippen LogP) is 0.512. The number of nitrogens with zero attached hydrogens (tertiary/aromatic N) is 1. The number of aliphatic hydroxyl groups is 3. The van der Waals surface area contributed by atoms with E-state index in [1.807, 2.05) is 7.05 Å². The summed E-state index contributed by atoms with van der Waals surface area (Å²) >= 11 is 0. The molecule has 1 spiro atoms. The van der Waals surface area contributed by atoms with Crippen LogP contribution in [0, 0.1) is 0 Å². The van der Waals surface area contributed by atoms with E-state index in [2.05, 4.69) is 4.90 Å². The van der Waals surface area contributed by atoms with Gasteiger partial charge >= 0.3 is 23.9 Å². The standard InChI is InChI=1S/C33H35NO14/c1-34-12-11-32-25-17-7-8-18(35)27(25)48-28(32)20(9-10-33(32,44)22(34)13-17)45-30(42)19(36)14-24(39)47-26(16-5-3-2-4-6-16)31(43)46-21(29(40)41)15-23(37)38/h2-9,19,21-22,24,26,28,35-36,39,44H,10-15H2,1H3,(H,37,38)(H,40,41)/t19-,21+,22+,24?,26-,28-,32?,33+/m0/s1. The van der Waals surface area contributed by atoms with Crippen LogP contribution in [0.5, 0.6) is 11.5 Å². The number of rotatable bonds is 12. The third-order valence-electron chi connectivity index (χ3n) is 9.77. The molecular formula is C33H35NO14. The Kier molecular flexibility index (Phi) is 8.68. The van der Waals surface area contributed by atoms with Crippen molar-refractivity contribution in [3.8, 4) is 11.5 Å². The van der Waals surface area contributed by atoms with E-state index < -0.39 is 78.4 Å². The van der Waals surface area contributed by atoms with E-state index in [0.717, 1.165) is 5.56 Å². The van der Waals surface area contributed by atoms with E-state index in [-0.39, 0.29) is 35.3 Å². The van der Waals surface area contributed by atoms with E-state index >= 15 is 0 Å². The molecule has 6 rings (SSSR count). The van der Waals surface area contributed by atoms with Crippen molar-refractivity contribution < 1.29 is 68.8 Å². The minimum atomic E-state index is -2.05. The fourth-order valence-electron chi connectivity index (χ4n) is 7.56. The number of aliphatic carboxylic acids is 2. The van der Waals surface area contributed by atoms with Gasteiger partial charge in [0.1, 0.15) is 5.76 Å². The molecule has 0 saturated carbocycles. The maximum absolute atomic E-state index is 13.2. The van der Waals surface area contributed by atoms with Crippen molar-refractivity contribution in [2.45, 2.75) is 79.9 Å². The number of phenols is 1. The number of benzene rings is 2. The van der Waals surface area contributed by atoms with Crippen molar-refractivity contribution in [3.63, 3.8) is 0 Å². The number of carbonyl (C=O) groups is 4. The summed E-state index contributed by atoms with van der Waals surface area (Å²) < 4.78 is 22.1. The van der Waals surface area contributed by atoms with Crippen LogP contribution < -0.4 is 4.74 Å². The molecule has 2 bridgehead atoms. The lowest BCUT2D eigenvalue weighted by Gasteiger charge is -2.61. The van der Waals surface area contributed by atoms with Crippen LogP contribution in [0.3, 0.4) is 0 Å². The van der Waals surface area contributed by atoms with Crippen LogP contribution in [-0.2, 0) is 45.2 Å². The van der Waals surface area contributed by atoms with Gasteiger partial charge in [-0.25, -0.2) is 14.4 Å². The van der Waals surface area contributed by atoms with Gasteiger partial charge in [-0.05, 0) is 49.7 Å². The third kappa shape index (κ3) is 5.46. The number of phenolic OH excluding ortho intramolecular Hbond substituents is 1. The molecular weight excluding hydrogens is 634 g/mol. The van der Waals surface area contributed by atoms with Crippen LogP contribution in [0.1, 0.15) is 48.5 Å². The molecule has 6 N–H and O–H groups in total. The molecule has 0 amide bonds. The van der Waals surface area contributed by atoms with Crippen LogP contribution in [-0.4, -0.2) is 109 Å². The van der Waals surface area contributed by atoms with Crippen molar-refractivity contribution in [3.05, 3.63) is 71.0 Å². The quantitative estimate of drug-likeness (QED) is 0.134. The lowest BCUT2D eigenvalue weighted by molar-refractivity contribution is -0.197. The highest BCUT2D eigenvalue weighted by Gasteiger charge is 2.72. The van der Waals surface area contributed by atoms with Crippen LogP contribution in [0.4, 0.5) is 0 Å². The molecule has 1 saturated heterocycles. The summed E-state index contributed by atoms with van der Waals surface area (Å²) in [5.74, 6) is -5.65. The fraction of sp³-hybridized carbons (Fsp3) is 0.455. The largest absolute Gasteiger partial charge is 0.504 e. The second-order valence-electron chi connectivity index (χ2n) is 12.5. The van der Waals surface area contributed by atoms with Crippen LogP contribution in [0.25, 0.3) is 0 Å². The third-order valence-corrected chi connectivity index (χ3v) is 9.77. The minimum Gasteiger partial charge on any atom is -0.504 e. The summed E-state index contributed by atoms with van der Waals surface area (Å²) in [6.07, 6.45) is -8.02. The average molecular weight is 670 g/mol. The van der Waals surface area contributed by atoms with Gasteiger partial charge in [0, 0.05) is 24.4 Å². The van der Waals surface area contributed by atoms with Gasteiger partial charge in [-0.1, -0.05) is 36.4 Å². The molecule has 2 aliphatic heterocycles. The summed E-state index contributed by atoms with van der Waals surface area (Å²) in [7, 11) is 1.93. The summed E-state index contributed by atoms with van der Waals surface area (Å²) in [6.45, 7) is 0.600. The number of likely N-dealkylation sites (N-methyl/N-ethyl adjacent to an activating group) is 1. The minimum absolute atomic E-state index is 0.0229. The van der Waals surface area contributed by atoms with Gasteiger partial charge in [0.2, 0.25) is 6.10 Å². The molecule has 8 atom stereocenters. The summed E-state index contributed by atoms with van der Waals surface area (Å²) in [5, 5.41) is 62.6. The Labute approximate surface area is 273 Å². The highest BCUT2D eigenvalue weighted by molar-refractivity contribution is 5.84. The number of ether oxygens (including phenoxy) is 4. The number of piperidine rings is 1. The number of aliphatic hydroxyl groups excluding tert-OH is 2. The smallest absolute Gasteiger partial charge is 0.345 e. The SMILES string of the molecule is CN1CCC23c4c5ccc(O)c4O[C@H]2C(OC(=O)[C@@H](O)CC(O)O[C@H](C(=O)O[C@H](CC(=O)O)C(=O)O)c2ccccc2)=CC[C@@]3(O)[C@H]1C5. The Morgan fingerprint density at radius 2 is 1.79 bits per heavy atom. The maximum atomic E-state index is 13.2. The topological polar surface area (TPSA) is 230 Å². The second kappa shape index (κ2) is 12.5.